The Bertz CT molecular complexity index is 1460. The normalized spacial score (nSPS) is 11.8. The molecule has 0 aliphatic rings. The number of likely N-dealkylation sites (N-methyl/N-ethyl adjacent to an activating group) is 1. The maximum Gasteiger partial charge on any atom is 0.287 e. The number of hydrogen-bond donors (Lipinski definition) is 1. The van der Waals surface area contributed by atoms with Crippen LogP contribution in [0.3, 0.4) is 0 Å². The average molecular weight is 648 g/mol. The predicted octanol–water partition coefficient (Wildman–Crippen LogP) is 7.53. The van der Waals surface area contributed by atoms with Gasteiger partial charge in [-0.15, -0.1) is 0 Å². The maximum atomic E-state index is 12.1. The Morgan fingerprint density at radius 1 is 0.756 bits per heavy atom. The first kappa shape index (κ1) is 34.0. The number of ketones is 1. The summed E-state index contributed by atoms with van der Waals surface area (Å²) in [4.78, 5) is 25.9. The summed E-state index contributed by atoms with van der Waals surface area (Å²) in [6.07, 6.45) is 1.93. The summed E-state index contributed by atoms with van der Waals surface area (Å²) in [7, 11) is 2.15. The molecule has 1 N–H and O–H groups in total. The molecule has 0 aliphatic carbocycles. The molecule has 0 fully saturated rings. The molecule has 0 saturated heterocycles. The molecule has 0 bridgehead atoms. The Balaban J connectivity index is 1.27. The Morgan fingerprint density at radius 2 is 1.24 bits per heavy atom. The SMILES string of the molecule is CC(=O)C(=O)NC(COc1ccc(C)cc1)COc1ccc(CCCN(C)CC(c2ccc(Cl)cc2)c2ccc(Cl)cc2)cc1. The molecule has 1 amide bonds. The van der Waals surface area contributed by atoms with Gasteiger partial charge in [-0.25, -0.2) is 0 Å². The number of benzene rings is 4. The summed E-state index contributed by atoms with van der Waals surface area (Å²) >= 11 is 12.3. The van der Waals surface area contributed by atoms with Gasteiger partial charge in [-0.3, -0.25) is 9.59 Å². The highest BCUT2D eigenvalue weighted by atomic mass is 35.5. The van der Waals surface area contributed by atoms with Gasteiger partial charge < -0.3 is 19.7 Å². The van der Waals surface area contributed by atoms with Gasteiger partial charge in [0.2, 0.25) is 5.78 Å². The highest BCUT2D eigenvalue weighted by Crippen LogP contribution is 2.28. The fourth-order valence-corrected chi connectivity index (χ4v) is 5.20. The number of halogens is 2. The van der Waals surface area contributed by atoms with E-state index >= 15 is 0 Å². The van der Waals surface area contributed by atoms with Gasteiger partial charge in [-0.2, -0.15) is 0 Å². The van der Waals surface area contributed by atoms with Crippen LogP contribution in [0.15, 0.2) is 97.1 Å². The standard InChI is InChI=1S/C37H40Cl2N2O4/c1-26-6-18-34(19-7-26)44-24-33(40-37(43)27(2)42)25-45-35-20-8-28(9-21-35)5-4-22-41(3)23-36(29-10-14-31(38)15-11-29)30-12-16-32(39)17-13-30/h6-21,33,36H,4-5,22-25H2,1-3H3,(H,40,43). The van der Waals surface area contributed by atoms with Crippen LogP contribution in [-0.4, -0.2) is 56.0 Å². The minimum Gasteiger partial charge on any atom is -0.491 e. The number of rotatable bonds is 16. The van der Waals surface area contributed by atoms with E-state index in [4.69, 9.17) is 32.7 Å². The molecular weight excluding hydrogens is 607 g/mol. The van der Waals surface area contributed by atoms with Gasteiger partial charge in [-0.1, -0.05) is 77.3 Å². The molecule has 4 rings (SSSR count). The summed E-state index contributed by atoms with van der Waals surface area (Å²) < 4.78 is 11.8. The summed E-state index contributed by atoms with van der Waals surface area (Å²) in [6.45, 7) is 5.38. The van der Waals surface area contributed by atoms with Crippen LogP contribution in [0.5, 0.6) is 11.5 Å². The molecule has 4 aromatic rings. The van der Waals surface area contributed by atoms with Crippen molar-refractivity contribution in [3.63, 3.8) is 0 Å². The van der Waals surface area contributed by atoms with Crippen molar-refractivity contribution in [3.8, 4) is 11.5 Å². The van der Waals surface area contributed by atoms with Crippen LogP contribution < -0.4 is 14.8 Å². The Labute approximate surface area is 276 Å². The molecular formula is C37H40Cl2N2O4. The number of nitrogens with zero attached hydrogens (tertiary/aromatic N) is 1. The first-order chi connectivity index (χ1) is 21.7. The summed E-state index contributed by atoms with van der Waals surface area (Å²) in [6, 6.07) is 31.3. The average Bonchev–Trinajstić information content (AvgIpc) is 3.03. The van der Waals surface area contributed by atoms with Crippen LogP contribution in [0.1, 0.15) is 41.5 Å². The van der Waals surface area contributed by atoms with E-state index in [-0.39, 0.29) is 19.1 Å². The second kappa shape index (κ2) is 17.0. The van der Waals surface area contributed by atoms with E-state index in [1.807, 2.05) is 67.6 Å². The largest absolute Gasteiger partial charge is 0.491 e. The quantitative estimate of drug-likeness (QED) is 0.127. The second-order valence-electron chi connectivity index (χ2n) is 11.3. The van der Waals surface area contributed by atoms with E-state index in [0.717, 1.165) is 41.5 Å². The minimum atomic E-state index is -0.663. The number of carbonyl (C=O) groups is 2. The third kappa shape index (κ3) is 11.2. The van der Waals surface area contributed by atoms with E-state index in [1.165, 1.54) is 23.6 Å². The monoisotopic (exact) mass is 646 g/mol. The zero-order valence-electron chi connectivity index (χ0n) is 26.0. The molecule has 236 valence electrons. The van der Waals surface area contributed by atoms with E-state index in [9.17, 15) is 9.59 Å². The third-order valence-corrected chi connectivity index (χ3v) is 8.05. The van der Waals surface area contributed by atoms with Crippen LogP contribution in [0.2, 0.25) is 10.0 Å². The first-order valence-corrected chi connectivity index (χ1v) is 15.8. The fraction of sp³-hybridized carbons (Fsp3) is 0.297. The fourth-order valence-electron chi connectivity index (χ4n) is 4.95. The number of ether oxygens (including phenoxy) is 2. The van der Waals surface area contributed by atoms with E-state index in [1.54, 1.807) is 0 Å². The summed E-state index contributed by atoms with van der Waals surface area (Å²) in [5.41, 5.74) is 4.77. The van der Waals surface area contributed by atoms with Crippen molar-refractivity contribution < 1.29 is 19.1 Å². The summed E-state index contributed by atoms with van der Waals surface area (Å²) in [5, 5.41) is 4.16. The zero-order chi connectivity index (χ0) is 32.2. The number of Topliss-reactive ketones (excluding diaryl/α,β-unsaturated/α-hetero) is 1. The Hall–Kier alpha value is -3.84. The third-order valence-electron chi connectivity index (χ3n) is 7.55. The van der Waals surface area contributed by atoms with Crippen LogP contribution in [0.4, 0.5) is 0 Å². The lowest BCUT2D eigenvalue weighted by atomic mass is 9.91. The number of nitrogens with one attached hydrogen (secondary N) is 1. The van der Waals surface area contributed by atoms with Crippen LogP contribution >= 0.6 is 23.2 Å². The van der Waals surface area contributed by atoms with Gasteiger partial charge in [0.25, 0.3) is 5.91 Å². The number of carbonyl (C=O) groups excluding carboxylic acids is 2. The van der Waals surface area contributed by atoms with Gasteiger partial charge in [0.05, 0.1) is 6.04 Å². The van der Waals surface area contributed by atoms with Crippen molar-refractivity contribution in [1.82, 2.24) is 10.2 Å². The van der Waals surface area contributed by atoms with Gasteiger partial charge in [0.1, 0.15) is 24.7 Å². The molecule has 1 unspecified atom stereocenters. The van der Waals surface area contributed by atoms with Crippen LogP contribution in [0.25, 0.3) is 0 Å². The number of amides is 1. The topological polar surface area (TPSA) is 67.9 Å². The molecule has 1 atom stereocenters. The minimum absolute atomic E-state index is 0.164. The van der Waals surface area contributed by atoms with Crippen molar-refractivity contribution in [3.05, 3.63) is 129 Å². The molecule has 0 aromatic heterocycles. The van der Waals surface area contributed by atoms with Gasteiger partial charge >= 0.3 is 0 Å². The van der Waals surface area contributed by atoms with Gasteiger partial charge in [0, 0.05) is 29.4 Å². The van der Waals surface area contributed by atoms with E-state index in [0.29, 0.717) is 11.5 Å². The molecule has 8 heteroatoms. The Kier molecular flexibility index (Phi) is 12.9. The van der Waals surface area contributed by atoms with Crippen molar-refractivity contribution >= 4 is 34.9 Å². The van der Waals surface area contributed by atoms with Crippen LogP contribution in [-0.2, 0) is 16.0 Å². The van der Waals surface area contributed by atoms with Crippen molar-refractivity contribution in [2.75, 3.05) is 33.4 Å². The summed E-state index contributed by atoms with van der Waals surface area (Å²) in [5.74, 6) is 0.345. The highest BCUT2D eigenvalue weighted by molar-refractivity contribution is 6.35. The van der Waals surface area contributed by atoms with Crippen LogP contribution in [0, 0.1) is 6.92 Å². The van der Waals surface area contributed by atoms with E-state index in [2.05, 4.69) is 53.7 Å². The number of aryl methyl sites for hydroxylation is 2. The lowest BCUT2D eigenvalue weighted by Crippen LogP contribution is -2.45. The number of hydrogen-bond acceptors (Lipinski definition) is 5. The zero-order valence-corrected chi connectivity index (χ0v) is 27.5. The lowest BCUT2D eigenvalue weighted by Gasteiger charge is -2.25. The van der Waals surface area contributed by atoms with Gasteiger partial charge in [0.15, 0.2) is 0 Å². The predicted molar refractivity (Wildman–Crippen MR) is 182 cm³/mol. The molecule has 0 saturated carbocycles. The second-order valence-corrected chi connectivity index (χ2v) is 12.2. The molecule has 0 spiro atoms. The molecule has 6 nitrogen and oxygen atoms in total. The molecule has 45 heavy (non-hydrogen) atoms. The van der Waals surface area contributed by atoms with Crippen molar-refractivity contribution in [2.24, 2.45) is 0 Å². The highest BCUT2D eigenvalue weighted by Gasteiger charge is 2.18. The maximum absolute atomic E-state index is 12.1. The van der Waals surface area contributed by atoms with E-state index < -0.39 is 17.7 Å². The molecule has 0 aliphatic heterocycles. The van der Waals surface area contributed by atoms with Gasteiger partial charge in [-0.05, 0) is 98.6 Å². The molecule has 0 radical (unpaired) electrons. The molecule has 4 aromatic carbocycles. The lowest BCUT2D eigenvalue weighted by molar-refractivity contribution is -0.137. The molecule has 0 heterocycles. The van der Waals surface area contributed by atoms with Crippen molar-refractivity contribution in [2.45, 2.75) is 38.6 Å². The smallest absolute Gasteiger partial charge is 0.287 e. The van der Waals surface area contributed by atoms with Crippen molar-refractivity contribution in [1.29, 1.82) is 0 Å². The first-order valence-electron chi connectivity index (χ1n) is 15.1. The Morgan fingerprint density at radius 3 is 1.73 bits per heavy atom.